The molecule has 1 aromatic carbocycles. The summed E-state index contributed by atoms with van der Waals surface area (Å²) in [5.74, 6) is 0.116. The van der Waals surface area contributed by atoms with E-state index < -0.39 is 6.04 Å². The van der Waals surface area contributed by atoms with Gasteiger partial charge in [0.05, 0.1) is 23.5 Å². The number of aryl methyl sites for hydroxylation is 1. The van der Waals surface area contributed by atoms with E-state index in [9.17, 15) is 4.79 Å². The van der Waals surface area contributed by atoms with Gasteiger partial charge in [-0.25, -0.2) is 9.97 Å². The van der Waals surface area contributed by atoms with Crippen molar-refractivity contribution in [3.05, 3.63) is 53.5 Å². The van der Waals surface area contributed by atoms with Crippen LogP contribution in [0.4, 0.5) is 5.95 Å². The molecule has 2 aromatic rings. The van der Waals surface area contributed by atoms with Crippen LogP contribution >= 0.6 is 0 Å². The van der Waals surface area contributed by atoms with Crippen molar-refractivity contribution in [1.29, 1.82) is 5.26 Å². The lowest BCUT2D eigenvalue weighted by atomic mass is 10.1. The Balaban J connectivity index is 1.71. The fourth-order valence-corrected chi connectivity index (χ4v) is 3.46. The lowest BCUT2D eigenvalue weighted by Gasteiger charge is -2.26. The highest BCUT2D eigenvalue weighted by Gasteiger charge is 2.15. The normalized spacial score (nSPS) is 16.4. The van der Waals surface area contributed by atoms with Crippen molar-refractivity contribution in [2.75, 3.05) is 25.5 Å². The number of allylic oxidation sites excluding steroid dienone is 1. The summed E-state index contributed by atoms with van der Waals surface area (Å²) < 4.78 is 0. The first-order valence-corrected chi connectivity index (χ1v) is 10.9. The van der Waals surface area contributed by atoms with Crippen LogP contribution in [-0.2, 0) is 0 Å². The second kappa shape index (κ2) is 11.2. The molecule has 3 rings (SSSR count). The summed E-state index contributed by atoms with van der Waals surface area (Å²) in [5.41, 5.74) is 9.38. The molecule has 1 atom stereocenters. The largest absolute Gasteiger partial charge is 0.403 e. The number of hydrogen-bond acceptors (Lipinski definition) is 8. The van der Waals surface area contributed by atoms with E-state index in [0.29, 0.717) is 23.3 Å². The van der Waals surface area contributed by atoms with Gasteiger partial charge < -0.3 is 21.3 Å². The van der Waals surface area contributed by atoms with Crippen LogP contribution in [0.1, 0.15) is 35.7 Å². The minimum atomic E-state index is -0.553. The molecular formula is C24H30N8O. The maximum Gasteiger partial charge on any atom is 0.252 e. The Morgan fingerprint density at radius 3 is 2.67 bits per heavy atom. The van der Waals surface area contributed by atoms with Gasteiger partial charge in [0.15, 0.2) is 0 Å². The number of likely N-dealkylation sites (tertiary alicyclic amines) is 1. The number of rotatable bonds is 7. The van der Waals surface area contributed by atoms with E-state index in [-0.39, 0.29) is 5.91 Å². The summed E-state index contributed by atoms with van der Waals surface area (Å²) in [4.78, 5) is 28.2. The van der Waals surface area contributed by atoms with E-state index in [4.69, 9.17) is 11.0 Å². The lowest BCUT2D eigenvalue weighted by molar-refractivity contribution is 0.0948. The number of piperidine rings is 1. The van der Waals surface area contributed by atoms with E-state index in [1.165, 1.54) is 6.20 Å². The van der Waals surface area contributed by atoms with Crippen LogP contribution in [0, 0.1) is 18.3 Å². The molecule has 33 heavy (non-hydrogen) atoms. The molecule has 0 saturated carbocycles. The van der Waals surface area contributed by atoms with Gasteiger partial charge in [-0.15, -0.1) is 0 Å². The second-order valence-corrected chi connectivity index (χ2v) is 8.19. The highest BCUT2D eigenvalue weighted by molar-refractivity contribution is 5.95. The molecule has 4 N–H and O–H groups in total. The number of aromatic nitrogens is 2. The number of anilines is 1. The molecule has 1 saturated heterocycles. The Hall–Kier alpha value is -3.77. The summed E-state index contributed by atoms with van der Waals surface area (Å²) in [5, 5.41) is 14.6. The van der Waals surface area contributed by atoms with E-state index in [2.05, 4.69) is 37.5 Å². The van der Waals surface area contributed by atoms with Crippen molar-refractivity contribution < 1.29 is 4.79 Å². The molecule has 0 bridgehead atoms. The Morgan fingerprint density at radius 2 is 2.03 bits per heavy atom. The smallest absolute Gasteiger partial charge is 0.252 e. The zero-order valence-corrected chi connectivity index (χ0v) is 19.2. The molecular weight excluding hydrogens is 416 g/mol. The van der Waals surface area contributed by atoms with Crippen molar-refractivity contribution in [1.82, 2.24) is 20.2 Å². The predicted molar refractivity (Wildman–Crippen MR) is 130 cm³/mol. The summed E-state index contributed by atoms with van der Waals surface area (Å²) in [6, 6.07) is 8.80. The second-order valence-electron chi connectivity index (χ2n) is 8.19. The number of carbonyl (C=O) groups excluding carboxylic acids is 1. The maximum atomic E-state index is 12.2. The maximum absolute atomic E-state index is 12.2. The Labute approximate surface area is 194 Å². The van der Waals surface area contributed by atoms with Crippen LogP contribution in [0.3, 0.4) is 0 Å². The molecule has 9 nitrogen and oxygen atoms in total. The minimum Gasteiger partial charge on any atom is -0.403 e. The van der Waals surface area contributed by atoms with Gasteiger partial charge in [0.1, 0.15) is 6.04 Å². The number of amides is 1. The van der Waals surface area contributed by atoms with Gasteiger partial charge in [-0.1, -0.05) is 12.1 Å². The number of carbonyl (C=O) groups is 1. The summed E-state index contributed by atoms with van der Waals surface area (Å²) >= 11 is 0. The predicted octanol–water partition coefficient (Wildman–Crippen LogP) is 2.47. The van der Waals surface area contributed by atoms with E-state index >= 15 is 0 Å². The van der Waals surface area contributed by atoms with Gasteiger partial charge in [0, 0.05) is 29.7 Å². The number of hydrogen-bond donors (Lipinski definition) is 3. The molecule has 1 aromatic heterocycles. The average Bonchev–Trinajstić information content (AvgIpc) is 2.83. The number of nitrogens with two attached hydrogens (primary N) is 1. The van der Waals surface area contributed by atoms with Crippen molar-refractivity contribution in [3.63, 3.8) is 0 Å². The Bertz CT molecular complexity index is 1060. The van der Waals surface area contributed by atoms with Gasteiger partial charge >= 0.3 is 0 Å². The van der Waals surface area contributed by atoms with Crippen molar-refractivity contribution in [3.8, 4) is 17.3 Å². The molecule has 1 unspecified atom stereocenters. The fraction of sp³-hybridized carbons (Fsp3) is 0.375. The number of nitrogens with one attached hydrogen (secondary N) is 2. The number of nitrogens with zero attached hydrogens (tertiary/aromatic N) is 5. The summed E-state index contributed by atoms with van der Waals surface area (Å²) in [7, 11) is 2.12. The highest BCUT2D eigenvalue weighted by atomic mass is 16.1. The summed E-state index contributed by atoms with van der Waals surface area (Å²) in [6.45, 7) is 5.64. The third kappa shape index (κ3) is 6.60. The average molecular weight is 447 g/mol. The topological polar surface area (TPSA) is 132 Å². The zero-order valence-electron chi connectivity index (χ0n) is 19.2. The number of aliphatic imine (C=N–C) groups is 1. The first-order chi connectivity index (χ1) is 15.9. The van der Waals surface area contributed by atoms with Crippen molar-refractivity contribution in [2.24, 2.45) is 10.7 Å². The third-order valence-corrected chi connectivity index (χ3v) is 5.48. The van der Waals surface area contributed by atoms with E-state index in [0.717, 1.165) is 42.8 Å². The van der Waals surface area contributed by atoms with Crippen molar-refractivity contribution in [2.45, 2.75) is 38.8 Å². The molecule has 9 heteroatoms. The van der Waals surface area contributed by atoms with Gasteiger partial charge in [-0.2, -0.15) is 5.26 Å². The first-order valence-electron chi connectivity index (χ1n) is 10.9. The standard InChI is InChI=1S/C24H30N8O/c1-16-14-28-24(30-21(13-26)15-27-20-8-10-32(3)11-9-20)31-22(16)18-4-6-19(7-5-18)23(33)29-17(2)12-25/h4-7,13-15,17,20H,8-11,26H2,1-3H3,(H,29,33)(H,28,30,31). The van der Waals surface area contributed by atoms with Crippen LogP contribution in [-0.4, -0.2) is 59.2 Å². The van der Waals surface area contributed by atoms with Gasteiger partial charge in [0.25, 0.3) is 5.91 Å². The molecule has 0 radical (unpaired) electrons. The molecule has 2 heterocycles. The first kappa shape index (κ1) is 23.9. The molecule has 1 amide bonds. The fourth-order valence-electron chi connectivity index (χ4n) is 3.46. The molecule has 0 aliphatic carbocycles. The third-order valence-electron chi connectivity index (χ3n) is 5.48. The monoisotopic (exact) mass is 446 g/mol. The molecule has 1 aliphatic rings. The van der Waals surface area contributed by atoms with Crippen molar-refractivity contribution >= 4 is 18.1 Å². The Kier molecular flexibility index (Phi) is 8.11. The van der Waals surface area contributed by atoms with E-state index in [1.807, 2.05) is 25.1 Å². The van der Waals surface area contributed by atoms with Crippen LogP contribution in [0.15, 0.2) is 47.4 Å². The van der Waals surface area contributed by atoms with Crippen LogP contribution < -0.4 is 16.4 Å². The number of nitriles is 1. The zero-order chi connectivity index (χ0) is 23.8. The quantitative estimate of drug-likeness (QED) is 0.557. The highest BCUT2D eigenvalue weighted by Crippen LogP contribution is 2.23. The van der Waals surface area contributed by atoms with E-state index in [1.54, 1.807) is 31.5 Å². The van der Waals surface area contributed by atoms with Crippen LogP contribution in [0.25, 0.3) is 11.3 Å². The van der Waals surface area contributed by atoms with Crippen LogP contribution in [0.2, 0.25) is 0 Å². The summed E-state index contributed by atoms with van der Waals surface area (Å²) in [6.07, 6.45) is 6.99. The number of benzene rings is 1. The Morgan fingerprint density at radius 1 is 1.33 bits per heavy atom. The van der Waals surface area contributed by atoms with Gasteiger partial charge in [0.2, 0.25) is 5.95 Å². The molecule has 1 fully saturated rings. The molecule has 172 valence electrons. The lowest BCUT2D eigenvalue weighted by Crippen LogP contribution is -2.32. The SMILES string of the molecule is Cc1cnc(NC(C=NC2CCN(C)CC2)=CN)nc1-c1ccc(C(=O)NC(C)C#N)cc1. The minimum absolute atomic E-state index is 0.291. The molecule has 0 spiro atoms. The van der Waals surface area contributed by atoms with Gasteiger partial charge in [-0.05, 0) is 64.5 Å². The van der Waals surface area contributed by atoms with Crippen LogP contribution in [0.5, 0.6) is 0 Å². The van der Waals surface area contributed by atoms with Gasteiger partial charge in [-0.3, -0.25) is 9.79 Å². The molecule has 1 aliphatic heterocycles.